The Hall–Kier alpha value is -1.63. The monoisotopic (exact) mass is 359 g/mol. The Kier molecular flexibility index (Phi) is 4.55. The Morgan fingerprint density at radius 2 is 1.92 bits per heavy atom. The van der Waals surface area contributed by atoms with Gasteiger partial charge in [-0.05, 0) is 29.8 Å². The molecule has 1 saturated heterocycles. The van der Waals surface area contributed by atoms with Gasteiger partial charge in [0.2, 0.25) is 5.91 Å². The predicted molar refractivity (Wildman–Crippen MR) is 104 cm³/mol. The number of nitrogens with one attached hydrogen (secondary N) is 2. The zero-order valence-electron chi connectivity index (χ0n) is 15.7. The van der Waals surface area contributed by atoms with Crippen molar-refractivity contribution >= 4 is 25.1 Å². The number of fused-ring (bicyclic) bond motifs is 1. The van der Waals surface area contributed by atoms with Crippen molar-refractivity contribution in [3.8, 4) is 0 Å². The van der Waals surface area contributed by atoms with E-state index in [0.29, 0.717) is 6.61 Å². The number of carbonyl (C=O) groups is 1. The van der Waals surface area contributed by atoms with Crippen LogP contribution in [0.1, 0.15) is 32.3 Å². The molecule has 5 nitrogen and oxygen atoms in total. The number of aromatic amines is 1. The number of H-pyrrole nitrogens is 1. The van der Waals surface area contributed by atoms with Gasteiger partial charge in [-0.2, -0.15) is 0 Å². The van der Waals surface area contributed by atoms with Crippen LogP contribution in [-0.2, 0) is 9.22 Å². The van der Waals surface area contributed by atoms with Crippen LogP contribution in [0.15, 0.2) is 30.5 Å². The van der Waals surface area contributed by atoms with E-state index in [2.05, 4.69) is 50.2 Å². The summed E-state index contributed by atoms with van der Waals surface area (Å²) >= 11 is 0. The molecule has 0 saturated carbocycles. The summed E-state index contributed by atoms with van der Waals surface area (Å²) in [5.74, 6) is -0.187. The lowest BCUT2D eigenvalue weighted by molar-refractivity contribution is -0.120. The molecule has 1 aromatic carbocycles. The lowest BCUT2D eigenvalue weighted by Crippen LogP contribution is -2.45. The van der Waals surface area contributed by atoms with E-state index in [1.165, 1.54) is 0 Å². The Morgan fingerprint density at radius 1 is 1.24 bits per heavy atom. The first-order valence-electron chi connectivity index (χ1n) is 8.88. The number of amides is 1. The molecule has 1 amide bonds. The van der Waals surface area contributed by atoms with Crippen LogP contribution in [0.5, 0.6) is 0 Å². The first-order valence-corrected chi connectivity index (χ1v) is 11.8. The van der Waals surface area contributed by atoms with Crippen molar-refractivity contribution in [2.45, 2.75) is 56.9 Å². The molecule has 2 heterocycles. The second-order valence-corrected chi connectivity index (χ2v) is 13.3. The third-order valence-corrected chi connectivity index (χ3v) is 10.4. The first-order chi connectivity index (χ1) is 11.6. The highest BCUT2D eigenvalue weighted by Gasteiger charge is 2.44. The van der Waals surface area contributed by atoms with Crippen molar-refractivity contribution in [1.29, 1.82) is 0 Å². The lowest BCUT2D eigenvalue weighted by atomic mass is 9.89. The van der Waals surface area contributed by atoms with Gasteiger partial charge in [-0.1, -0.05) is 39.0 Å². The average molecular weight is 360 g/mol. The van der Waals surface area contributed by atoms with Gasteiger partial charge in [0, 0.05) is 23.0 Å². The van der Waals surface area contributed by atoms with Crippen molar-refractivity contribution in [2.24, 2.45) is 5.73 Å². The highest BCUT2D eigenvalue weighted by molar-refractivity contribution is 6.74. The summed E-state index contributed by atoms with van der Waals surface area (Å²) in [6.45, 7) is 11.6. The normalized spacial score (nSPS) is 24.7. The quantitative estimate of drug-likeness (QED) is 0.734. The van der Waals surface area contributed by atoms with E-state index in [-0.39, 0.29) is 22.9 Å². The molecule has 3 atom stereocenters. The number of benzene rings is 1. The van der Waals surface area contributed by atoms with Gasteiger partial charge in [-0.3, -0.25) is 4.79 Å². The lowest BCUT2D eigenvalue weighted by Gasteiger charge is -2.37. The van der Waals surface area contributed by atoms with Crippen LogP contribution in [0.2, 0.25) is 18.1 Å². The van der Waals surface area contributed by atoms with Crippen LogP contribution in [-0.4, -0.2) is 37.9 Å². The molecule has 0 bridgehead atoms. The van der Waals surface area contributed by atoms with Crippen molar-refractivity contribution < 1.29 is 9.22 Å². The van der Waals surface area contributed by atoms with E-state index in [4.69, 9.17) is 10.2 Å². The number of carbonyl (C=O) groups excluding carboxylic acids is 1. The second-order valence-electron chi connectivity index (χ2n) is 8.53. The minimum absolute atomic E-state index is 0.0894. The van der Waals surface area contributed by atoms with Gasteiger partial charge in [0.15, 0.2) is 8.32 Å². The van der Waals surface area contributed by atoms with Gasteiger partial charge in [0.1, 0.15) is 0 Å². The topological polar surface area (TPSA) is 80.1 Å². The van der Waals surface area contributed by atoms with E-state index in [0.717, 1.165) is 16.5 Å². The number of nitrogens with two attached hydrogens (primary N) is 1. The summed E-state index contributed by atoms with van der Waals surface area (Å²) in [4.78, 5) is 15.5. The fourth-order valence-corrected chi connectivity index (χ4v) is 4.25. The van der Waals surface area contributed by atoms with E-state index < -0.39 is 14.4 Å². The highest BCUT2D eigenvalue weighted by atomic mass is 28.4. The van der Waals surface area contributed by atoms with Crippen molar-refractivity contribution in [3.63, 3.8) is 0 Å². The van der Waals surface area contributed by atoms with Crippen LogP contribution in [0, 0.1) is 0 Å². The Labute approximate surface area is 150 Å². The second kappa shape index (κ2) is 6.27. The molecule has 25 heavy (non-hydrogen) atoms. The molecule has 136 valence electrons. The fourth-order valence-electron chi connectivity index (χ4n) is 3.22. The maximum absolute atomic E-state index is 12.3. The van der Waals surface area contributed by atoms with E-state index in [1.54, 1.807) is 0 Å². The molecule has 0 unspecified atom stereocenters. The molecule has 0 radical (unpaired) electrons. The predicted octanol–water partition coefficient (Wildman–Crippen LogP) is 3.10. The standard InChI is InChI=1S/C19H29N3O2Si/c1-19(2,3)25(4,5)24-11-15-16(17(20)18(23)22-15)13-10-21-14-9-7-6-8-12(13)14/h6-10,15-17,21H,11,20H2,1-5H3,(H,22,23)/t15-,16+,17-/m0/s1. The molecular formula is C19H29N3O2Si. The smallest absolute Gasteiger partial charge is 0.237 e. The SMILES string of the molecule is CC(C)(C)[Si](C)(C)OC[C@@H]1NC(=O)[C@@H](N)[C@@H]1c1c[nH]c2ccccc12. The zero-order valence-corrected chi connectivity index (χ0v) is 16.7. The Morgan fingerprint density at radius 3 is 2.60 bits per heavy atom. The number of hydrogen-bond donors (Lipinski definition) is 3. The average Bonchev–Trinajstić information content (AvgIpc) is 3.06. The summed E-state index contributed by atoms with van der Waals surface area (Å²) < 4.78 is 6.37. The molecular weight excluding hydrogens is 330 g/mol. The maximum Gasteiger partial charge on any atom is 0.237 e. The van der Waals surface area contributed by atoms with Crippen molar-refractivity contribution in [1.82, 2.24) is 10.3 Å². The third kappa shape index (κ3) is 3.26. The summed E-state index contributed by atoms with van der Waals surface area (Å²) in [7, 11) is -1.88. The molecule has 1 fully saturated rings. The molecule has 1 aliphatic heterocycles. The van der Waals surface area contributed by atoms with Gasteiger partial charge < -0.3 is 20.5 Å². The summed E-state index contributed by atoms with van der Waals surface area (Å²) in [5.41, 5.74) is 8.40. The molecule has 0 aliphatic carbocycles. The maximum atomic E-state index is 12.3. The molecule has 1 aliphatic rings. The number of para-hydroxylation sites is 1. The number of aromatic nitrogens is 1. The van der Waals surface area contributed by atoms with Crippen molar-refractivity contribution in [3.05, 3.63) is 36.0 Å². The van der Waals surface area contributed by atoms with E-state index >= 15 is 0 Å². The van der Waals surface area contributed by atoms with Crippen LogP contribution >= 0.6 is 0 Å². The molecule has 1 aromatic heterocycles. The van der Waals surface area contributed by atoms with Gasteiger partial charge in [-0.15, -0.1) is 0 Å². The molecule has 2 aromatic rings. The summed E-state index contributed by atoms with van der Waals surface area (Å²) in [6, 6.07) is 7.47. The first kappa shape index (κ1) is 18.2. The summed E-state index contributed by atoms with van der Waals surface area (Å²) in [5, 5.41) is 4.31. The molecule has 3 rings (SSSR count). The molecule has 4 N–H and O–H groups in total. The number of hydrogen-bond acceptors (Lipinski definition) is 3. The van der Waals surface area contributed by atoms with Crippen LogP contribution in [0.3, 0.4) is 0 Å². The minimum atomic E-state index is -1.88. The Bertz CT molecular complexity index is 778. The highest BCUT2D eigenvalue weighted by Crippen LogP contribution is 2.38. The fraction of sp³-hybridized carbons (Fsp3) is 0.526. The third-order valence-electron chi connectivity index (χ3n) is 5.86. The molecule has 6 heteroatoms. The van der Waals surface area contributed by atoms with Crippen LogP contribution < -0.4 is 11.1 Å². The number of rotatable bonds is 4. The van der Waals surface area contributed by atoms with Crippen LogP contribution in [0.25, 0.3) is 10.9 Å². The Balaban J connectivity index is 1.87. The van der Waals surface area contributed by atoms with Gasteiger partial charge >= 0.3 is 0 Å². The van der Waals surface area contributed by atoms with Gasteiger partial charge in [0.25, 0.3) is 0 Å². The van der Waals surface area contributed by atoms with Gasteiger partial charge in [-0.25, -0.2) is 0 Å². The minimum Gasteiger partial charge on any atom is -0.415 e. The van der Waals surface area contributed by atoms with Gasteiger partial charge in [0.05, 0.1) is 18.7 Å². The largest absolute Gasteiger partial charge is 0.415 e. The summed E-state index contributed by atoms with van der Waals surface area (Å²) in [6.07, 6.45) is 1.98. The van der Waals surface area contributed by atoms with E-state index in [1.807, 2.05) is 24.4 Å². The zero-order chi connectivity index (χ0) is 18.4. The van der Waals surface area contributed by atoms with E-state index in [9.17, 15) is 4.79 Å². The molecule has 0 spiro atoms. The van der Waals surface area contributed by atoms with Crippen LogP contribution in [0.4, 0.5) is 0 Å². The van der Waals surface area contributed by atoms with Crippen molar-refractivity contribution in [2.75, 3.05) is 6.61 Å².